The van der Waals surface area contributed by atoms with Crippen molar-refractivity contribution in [2.75, 3.05) is 32.7 Å². The first-order valence-electron chi connectivity index (χ1n) is 9.23. The molecular weight excluding hydrogens is 430 g/mol. The summed E-state index contributed by atoms with van der Waals surface area (Å²) in [6, 6.07) is 10.1. The molecule has 0 aliphatic carbocycles. The fourth-order valence-electron chi connectivity index (χ4n) is 3.16. The van der Waals surface area contributed by atoms with E-state index in [9.17, 15) is 26.8 Å². The molecule has 0 bridgehead atoms. The Labute approximate surface area is 177 Å². The number of sulfonamides is 1. The van der Waals surface area contributed by atoms with Crippen LogP contribution in [0.5, 0.6) is 0 Å². The molecule has 2 amide bonds. The molecule has 1 aliphatic heterocycles. The van der Waals surface area contributed by atoms with E-state index >= 15 is 0 Å². The van der Waals surface area contributed by atoms with Crippen molar-refractivity contribution in [2.45, 2.75) is 4.90 Å². The van der Waals surface area contributed by atoms with Crippen LogP contribution in [0.15, 0.2) is 47.4 Å². The van der Waals surface area contributed by atoms with E-state index in [0.29, 0.717) is 6.07 Å². The van der Waals surface area contributed by atoms with Crippen LogP contribution in [0.25, 0.3) is 0 Å². The third-order valence-corrected chi connectivity index (χ3v) is 6.70. The van der Waals surface area contributed by atoms with E-state index in [1.165, 1.54) is 27.4 Å². The minimum Gasteiger partial charge on any atom is -0.343 e. The number of carbonyl (C=O) groups is 2. The number of hydrogen-bond donors (Lipinski definition) is 1. The van der Waals surface area contributed by atoms with Gasteiger partial charge in [0.2, 0.25) is 15.9 Å². The Morgan fingerprint density at radius 2 is 1.65 bits per heavy atom. The molecular formula is C20H18F2N4O4S. The molecule has 162 valence electrons. The fraction of sp³-hybridized carbons (Fsp3) is 0.250. The smallest absolute Gasteiger partial charge is 0.251 e. The number of nitrogens with one attached hydrogen (secondary N) is 1. The summed E-state index contributed by atoms with van der Waals surface area (Å²) in [5.41, 5.74) is -0.213. The highest BCUT2D eigenvalue weighted by molar-refractivity contribution is 7.89. The van der Waals surface area contributed by atoms with Gasteiger partial charge < -0.3 is 10.2 Å². The molecule has 0 spiro atoms. The number of benzene rings is 2. The van der Waals surface area contributed by atoms with Crippen molar-refractivity contribution in [3.63, 3.8) is 0 Å². The topological polar surface area (TPSA) is 111 Å². The number of rotatable bonds is 5. The third kappa shape index (κ3) is 5.04. The summed E-state index contributed by atoms with van der Waals surface area (Å²) < 4.78 is 53.3. The normalized spacial score (nSPS) is 14.7. The van der Waals surface area contributed by atoms with E-state index in [2.05, 4.69) is 5.32 Å². The van der Waals surface area contributed by atoms with Crippen LogP contribution in [0.4, 0.5) is 8.78 Å². The predicted octanol–water partition coefficient (Wildman–Crippen LogP) is 1.10. The summed E-state index contributed by atoms with van der Waals surface area (Å²) in [7, 11) is -3.89. The molecule has 31 heavy (non-hydrogen) atoms. The van der Waals surface area contributed by atoms with Crippen LogP contribution in [0.1, 0.15) is 15.9 Å². The number of carbonyl (C=O) groups excluding carboxylic acids is 2. The monoisotopic (exact) mass is 448 g/mol. The van der Waals surface area contributed by atoms with Crippen molar-refractivity contribution in [3.8, 4) is 6.07 Å². The van der Waals surface area contributed by atoms with Crippen LogP contribution in [-0.4, -0.2) is 62.2 Å². The van der Waals surface area contributed by atoms with E-state index in [-0.39, 0.29) is 42.2 Å². The molecule has 3 rings (SSSR count). The molecule has 1 aliphatic rings. The van der Waals surface area contributed by atoms with Crippen molar-refractivity contribution >= 4 is 21.8 Å². The van der Waals surface area contributed by atoms with Crippen LogP contribution >= 0.6 is 0 Å². The average molecular weight is 448 g/mol. The van der Waals surface area contributed by atoms with Crippen LogP contribution in [0, 0.1) is 23.0 Å². The maximum absolute atomic E-state index is 13.2. The molecule has 0 atom stereocenters. The second kappa shape index (κ2) is 9.20. The minimum atomic E-state index is -3.89. The van der Waals surface area contributed by atoms with Gasteiger partial charge in [0.25, 0.3) is 5.91 Å². The van der Waals surface area contributed by atoms with Gasteiger partial charge in [-0.2, -0.15) is 9.57 Å². The lowest BCUT2D eigenvalue weighted by Gasteiger charge is -2.34. The molecule has 0 radical (unpaired) electrons. The van der Waals surface area contributed by atoms with Gasteiger partial charge in [0.1, 0.15) is 17.7 Å². The number of hydrogen-bond acceptors (Lipinski definition) is 5. The number of nitriles is 1. The maximum atomic E-state index is 13.2. The zero-order chi connectivity index (χ0) is 22.6. The van der Waals surface area contributed by atoms with Gasteiger partial charge >= 0.3 is 0 Å². The van der Waals surface area contributed by atoms with Crippen LogP contribution < -0.4 is 5.32 Å². The lowest BCUT2D eigenvalue weighted by molar-refractivity contribution is -0.131. The summed E-state index contributed by atoms with van der Waals surface area (Å²) >= 11 is 0. The zero-order valence-electron chi connectivity index (χ0n) is 16.2. The Morgan fingerprint density at radius 3 is 2.26 bits per heavy atom. The standard InChI is InChI=1S/C20H18F2N4O4S/c21-16-9-15(10-17(22)11-16)20(28)24-13-19(27)25-5-7-26(8-6-25)31(29,30)18-4-2-1-3-14(18)12-23/h1-4,9-11H,5-8,13H2,(H,24,28). The van der Waals surface area contributed by atoms with Gasteiger partial charge in [0, 0.05) is 37.8 Å². The van der Waals surface area contributed by atoms with Gasteiger partial charge in [-0.15, -0.1) is 0 Å². The number of nitrogens with zero attached hydrogens (tertiary/aromatic N) is 3. The van der Waals surface area contributed by atoms with Crippen LogP contribution in [0.2, 0.25) is 0 Å². The van der Waals surface area contributed by atoms with Crippen LogP contribution in [-0.2, 0) is 14.8 Å². The first kappa shape index (κ1) is 22.3. The van der Waals surface area contributed by atoms with Crippen LogP contribution in [0.3, 0.4) is 0 Å². The van der Waals surface area contributed by atoms with E-state index in [0.717, 1.165) is 12.1 Å². The van der Waals surface area contributed by atoms with Gasteiger partial charge in [0.15, 0.2) is 0 Å². The van der Waals surface area contributed by atoms with Crippen molar-refractivity contribution in [2.24, 2.45) is 0 Å². The Morgan fingerprint density at radius 1 is 1.03 bits per heavy atom. The SMILES string of the molecule is N#Cc1ccccc1S(=O)(=O)N1CCN(C(=O)CNC(=O)c2cc(F)cc(F)c2)CC1. The maximum Gasteiger partial charge on any atom is 0.251 e. The van der Waals surface area contributed by atoms with Gasteiger partial charge in [-0.3, -0.25) is 9.59 Å². The third-order valence-electron chi connectivity index (χ3n) is 4.74. The van der Waals surface area contributed by atoms with E-state index < -0.39 is 40.0 Å². The lowest BCUT2D eigenvalue weighted by Crippen LogP contribution is -2.52. The highest BCUT2D eigenvalue weighted by Gasteiger charge is 2.31. The average Bonchev–Trinajstić information content (AvgIpc) is 2.76. The highest BCUT2D eigenvalue weighted by atomic mass is 32.2. The molecule has 2 aromatic rings. The molecule has 0 unspecified atom stereocenters. The number of piperazine rings is 1. The Kier molecular flexibility index (Phi) is 6.62. The second-order valence-electron chi connectivity index (χ2n) is 6.73. The minimum absolute atomic E-state index is 0.0247. The quantitative estimate of drug-likeness (QED) is 0.737. The van der Waals surface area contributed by atoms with Gasteiger partial charge in [-0.05, 0) is 24.3 Å². The van der Waals surface area contributed by atoms with Crippen molar-refractivity contribution < 1.29 is 26.8 Å². The summed E-state index contributed by atoms with van der Waals surface area (Å²) in [6.07, 6.45) is 0. The van der Waals surface area contributed by atoms with E-state index in [1.54, 1.807) is 6.07 Å². The first-order valence-corrected chi connectivity index (χ1v) is 10.7. The second-order valence-corrected chi connectivity index (χ2v) is 8.64. The molecule has 11 heteroatoms. The summed E-state index contributed by atoms with van der Waals surface area (Å²) in [6.45, 7) is -0.163. The highest BCUT2D eigenvalue weighted by Crippen LogP contribution is 2.21. The van der Waals surface area contributed by atoms with Crippen molar-refractivity contribution in [1.82, 2.24) is 14.5 Å². The first-order chi connectivity index (χ1) is 14.7. The molecule has 1 saturated heterocycles. The van der Waals surface area contributed by atoms with Gasteiger partial charge in [0.05, 0.1) is 17.0 Å². The fourth-order valence-corrected chi connectivity index (χ4v) is 4.72. The van der Waals surface area contributed by atoms with Gasteiger partial charge in [-0.25, -0.2) is 17.2 Å². The molecule has 1 N–H and O–H groups in total. The van der Waals surface area contributed by atoms with E-state index in [1.807, 2.05) is 6.07 Å². The van der Waals surface area contributed by atoms with Gasteiger partial charge in [-0.1, -0.05) is 12.1 Å². The summed E-state index contributed by atoms with van der Waals surface area (Å²) in [5, 5.41) is 11.5. The van der Waals surface area contributed by atoms with Crippen molar-refractivity contribution in [3.05, 3.63) is 65.2 Å². The number of halogens is 2. The lowest BCUT2D eigenvalue weighted by atomic mass is 10.2. The zero-order valence-corrected chi connectivity index (χ0v) is 17.0. The van der Waals surface area contributed by atoms with E-state index in [4.69, 9.17) is 5.26 Å². The van der Waals surface area contributed by atoms with Crippen molar-refractivity contribution in [1.29, 1.82) is 5.26 Å². The molecule has 0 saturated carbocycles. The molecule has 1 fully saturated rings. The predicted molar refractivity (Wildman–Crippen MR) is 105 cm³/mol. The molecule has 0 aromatic heterocycles. The Bertz CT molecular complexity index is 1140. The molecule has 2 aromatic carbocycles. The number of amides is 2. The molecule has 1 heterocycles. The summed E-state index contributed by atoms with van der Waals surface area (Å²) in [5.74, 6) is -3.08. The molecule has 8 nitrogen and oxygen atoms in total. The Balaban J connectivity index is 1.57. The summed E-state index contributed by atoms with van der Waals surface area (Å²) in [4.78, 5) is 25.6. The Hall–Kier alpha value is -3.36. The largest absolute Gasteiger partial charge is 0.343 e.